The van der Waals surface area contributed by atoms with Gasteiger partial charge in [-0.15, -0.1) is 9.19 Å². The van der Waals surface area contributed by atoms with E-state index in [2.05, 4.69) is 15.3 Å². The van der Waals surface area contributed by atoms with Crippen LogP contribution in [0.4, 0.5) is 5.69 Å². The Balaban J connectivity index is 2.26. The molecule has 0 fully saturated rings. The number of rotatable bonds is 3. The maximum Gasteiger partial charge on any atom is 0.286 e. The van der Waals surface area contributed by atoms with Gasteiger partial charge in [-0.3, -0.25) is 15.1 Å². The van der Waals surface area contributed by atoms with Gasteiger partial charge in [-0.1, -0.05) is 5.21 Å². The van der Waals surface area contributed by atoms with Crippen molar-refractivity contribution in [3.63, 3.8) is 0 Å². The molecular weight excluding hydrogens is 298 g/mol. The molecule has 2 heterocycles. The number of nitrogens with zero attached hydrogens (tertiary/aromatic N) is 5. The van der Waals surface area contributed by atoms with Crippen LogP contribution in [0.25, 0.3) is 11.0 Å². The van der Waals surface area contributed by atoms with E-state index in [9.17, 15) is 18.5 Å². The van der Waals surface area contributed by atoms with Crippen LogP contribution < -0.4 is 0 Å². The van der Waals surface area contributed by atoms with E-state index in [1.807, 2.05) is 0 Å². The number of hydrogen-bond acceptors (Lipinski definition) is 7. The Hall–Kier alpha value is -2.88. The van der Waals surface area contributed by atoms with Gasteiger partial charge in [0.05, 0.1) is 4.92 Å². The van der Waals surface area contributed by atoms with Crippen molar-refractivity contribution in [3.8, 4) is 0 Å². The largest absolute Gasteiger partial charge is 0.286 e. The lowest BCUT2D eigenvalue weighted by Gasteiger charge is -2.03. The van der Waals surface area contributed by atoms with Gasteiger partial charge in [0.25, 0.3) is 15.7 Å². The van der Waals surface area contributed by atoms with Gasteiger partial charge < -0.3 is 0 Å². The topological polar surface area (TPSA) is 121 Å². The van der Waals surface area contributed by atoms with E-state index in [1.54, 1.807) is 0 Å². The van der Waals surface area contributed by atoms with Gasteiger partial charge in [0.15, 0.2) is 0 Å². The van der Waals surface area contributed by atoms with E-state index >= 15 is 0 Å². The van der Waals surface area contributed by atoms with Crippen molar-refractivity contribution in [2.24, 2.45) is 0 Å². The molecule has 0 bridgehead atoms. The minimum Gasteiger partial charge on any atom is -0.263 e. The molecule has 0 saturated heterocycles. The second-order valence-corrected chi connectivity index (χ2v) is 5.82. The van der Waals surface area contributed by atoms with Crippen LogP contribution in [0.1, 0.15) is 0 Å². The van der Waals surface area contributed by atoms with Gasteiger partial charge in [0.2, 0.25) is 0 Å². The minimum atomic E-state index is -4.01. The molecule has 1 aromatic carbocycles. The van der Waals surface area contributed by atoms with Crippen LogP contribution in [0.3, 0.4) is 0 Å². The Bertz CT molecular complexity index is 936. The normalized spacial score (nSPS) is 11.6. The fourth-order valence-electron chi connectivity index (χ4n) is 1.78. The van der Waals surface area contributed by atoms with Crippen molar-refractivity contribution in [2.75, 3.05) is 0 Å². The maximum absolute atomic E-state index is 12.4. The highest BCUT2D eigenvalue weighted by molar-refractivity contribution is 7.90. The highest BCUT2D eigenvalue weighted by Crippen LogP contribution is 2.22. The second-order valence-electron chi connectivity index (χ2n) is 4.06. The molecule has 0 spiro atoms. The Morgan fingerprint density at radius 3 is 2.71 bits per heavy atom. The zero-order valence-corrected chi connectivity index (χ0v) is 11.1. The molecule has 0 radical (unpaired) electrons. The van der Waals surface area contributed by atoms with Crippen molar-refractivity contribution in [1.29, 1.82) is 0 Å². The molecule has 9 nitrogen and oxygen atoms in total. The minimum absolute atomic E-state index is 0.0352. The Morgan fingerprint density at radius 2 is 2.05 bits per heavy atom. The number of aromatic nitrogens is 4. The lowest BCUT2D eigenvalue weighted by atomic mass is 10.3. The van der Waals surface area contributed by atoms with E-state index in [0.717, 1.165) is 6.07 Å². The molecule has 0 N–H and O–H groups in total. The highest BCUT2D eigenvalue weighted by Gasteiger charge is 2.22. The molecule has 21 heavy (non-hydrogen) atoms. The van der Waals surface area contributed by atoms with Gasteiger partial charge in [0, 0.05) is 24.5 Å². The summed E-state index contributed by atoms with van der Waals surface area (Å²) in [6.45, 7) is 0. The number of nitro groups is 1. The van der Waals surface area contributed by atoms with Crippen LogP contribution in [-0.2, 0) is 10.0 Å². The lowest BCUT2D eigenvalue weighted by molar-refractivity contribution is -0.384. The van der Waals surface area contributed by atoms with Gasteiger partial charge in [-0.05, 0) is 18.2 Å². The SMILES string of the molecule is O=[N+]([O-])c1ccc2nnn(S(=O)(=O)c3cccnc3)c2c1. The quantitative estimate of drug-likeness (QED) is 0.522. The van der Waals surface area contributed by atoms with Crippen LogP contribution in [0.15, 0.2) is 47.6 Å². The van der Waals surface area contributed by atoms with Gasteiger partial charge in [-0.2, -0.15) is 8.42 Å². The summed E-state index contributed by atoms with van der Waals surface area (Å²) < 4.78 is 25.5. The smallest absolute Gasteiger partial charge is 0.263 e. The highest BCUT2D eigenvalue weighted by atomic mass is 32.2. The average Bonchev–Trinajstić information content (AvgIpc) is 2.91. The summed E-state index contributed by atoms with van der Waals surface area (Å²) in [6, 6.07) is 6.51. The van der Waals surface area contributed by atoms with Crippen molar-refractivity contribution < 1.29 is 13.3 Å². The fraction of sp³-hybridized carbons (Fsp3) is 0. The first kappa shape index (κ1) is 13.1. The summed E-state index contributed by atoms with van der Waals surface area (Å²) in [5.41, 5.74) is 0.0357. The van der Waals surface area contributed by atoms with Gasteiger partial charge in [0.1, 0.15) is 15.9 Å². The standard InChI is InChI=1S/C11H7N5O4S/c17-16(18)8-3-4-10-11(6-8)15(14-13-10)21(19,20)9-2-1-5-12-7-9/h1-7H. The first-order valence-corrected chi connectivity index (χ1v) is 7.09. The lowest BCUT2D eigenvalue weighted by Crippen LogP contribution is -2.14. The summed E-state index contributed by atoms with van der Waals surface area (Å²) >= 11 is 0. The molecule has 106 valence electrons. The monoisotopic (exact) mass is 305 g/mol. The fourth-order valence-corrected chi connectivity index (χ4v) is 2.96. The van der Waals surface area contributed by atoms with E-state index in [-0.39, 0.29) is 21.6 Å². The van der Waals surface area contributed by atoms with E-state index in [0.29, 0.717) is 4.09 Å². The van der Waals surface area contributed by atoms with Gasteiger partial charge >= 0.3 is 0 Å². The number of fused-ring (bicyclic) bond motifs is 1. The van der Waals surface area contributed by atoms with Crippen molar-refractivity contribution in [1.82, 2.24) is 19.4 Å². The third-order valence-corrected chi connectivity index (χ3v) is 4.33. The van der Waals surface area contributed by atoms with Crippen LogP contribution in [-0.4, -0.2) is 32.7 Å². The molecule has 0 amide bonds. The molecular formula is C11H7N5O4S. The van der Waals surface area contributed by atoms with Gasteiger partial charge in [-0.25, -0.2) is 0 Å². The van der Waals surface area contributed by atoms with E-state index in [4.69, 9.17) is 0 Å². The Morgan fingerprint density at radius 1 is 1.24 bits per heavy atom. The van der Waals surface area contributed by atoms with E-state index in [1.165, 1.54) is 36.7 Å². The maximum atomic E-state index is 12.4. The molecule has 0 aliphatic heterocycles. The predicted octanol–water partition coefficient (Wildman–Crippen LogP) is 0.971. The number of hydrogen-bond donors (Lipinski definition) is 0. The number of benzene rings is 1. The first-order valence-electron chi connectivity index (χ1n) is 5.65. The van der Waals surface area contributed by atoms with Crippen molar-refractivity contribution in [2.45, 2.75) is 4.90 Å². The summed E-state index contributed by atoms with van der Waals surface area (Å²) in [5, 5.41) is 18.1. The predicted molar refractivity (Wildman–Crippen MR) is 71.0 cm³/mol. The Kier molecular flexibility index (Phi) is 2.87. The summed E-state index contributed by atoms with van der Waals surface area (Å²) in [5.74, 6) is 0. The van der Waals surface area contributed by atoms with Crippen LogP contribution in [0.5, 0.6) is 0 Å². The number of pyridine rings is 1. The van der Waals surface area contributed by atoms with Crippen LogP contribution in [0, 0.1) is 10.1 Å². The molecule has 0 aliphatic rings. The summed E-state index contributed by atoms with van der Waals surface area (Å²) in [7, 11) is -4.01. The number of non-ortho nitro benzene ring substituents is 1. The first-order chi connectivity index (χ1) is 10.00. The third kappa shape index (κ3) is 2.10. The van der Waals surface area contributed by atoms with Crippen molar-refractivity contribution in [3.05, 3.63) is 52.8 Å². The molecule has 3 aromatic rings. The molecule has 0 unspecified atom stereocenters. The molecule has 10 heteroatoms. The van der Waals surface area contributed by atoms with E-state index < -0.39 is 14.9 Å². The van der Waals surface area contributed by atoms with Crippen LogP contribution in [0.2, 0.25) is 0 Å². The zero-order valence-electron chi connectivity index (χ0n) is 10.3. The summed E-state index contributed by atoms with van der Waals surface area (Å²) in [4.78, 5) is 13.8. The van der Waals surface area contributed by atoms with Crippen molar-refractivity contribution >= 4 is 26.7 Å². The Labute approximate surface area is 118 Å². The zero-order chi connectivity index (χ0) is 15.0. The third-order valence-electron chi connectivity index (χ3n) is 2.77. The second kappa shape index (κ2) is 4.59. The van der Waals surface area contributed by atoms with Crippen LogP contribution >= 0.6 is 0 Å². The molecule has 0 saturated carbocycles. The number of nitro benzene ring substituents is 1. The molecule has 3 rings (SSSR count). The summed E-state index contributed by atoms with van der Waals surface area (Å²) in [6.07, 6.45) is 2.60. The molecule has 0 atom stereocenters. The average molecular weight is 305 g/mol. The molecule has 0 aliphatic carbocycles. The molecule has 2 aromatic heterocycles.